The van der Waals surface area contributed by atoms with Crippen LogP contribution in [0.3, 0.4) is 0 Å². The van der Waals surface area contributed by atoms with Crippen LogP contribution in [0.25, 0.3) is 0 Å². The molecular formula is C14H29NO2S. The van der Waals surface area contributed by atoms with Crippen molar-refractivity contribution in [1.82, 2.24) is 5.32 Å². The third-order valence-corrected chi connectivity index (χ3v) is 2.92. The van der Waals surface area contributed by atoms with Crippen molar-refractivity contribution in [3.8, 4) is 0 Å². The predicted octanol–water partition coefficient (Wildman–Crippen LogP) is 3.81. The Hall–Kier alpha value is -0.870. The number of nitrogens with one attached hydrogen (secondary N) is 1. The fourth-order valence-electron chi connectivity index (χ4n) is 0.448. The Bertz CT molecular complexity index is 188. The number of allylic oxidation sites excluding steroid dienone is 3. The van der Waals surface area contributed by atoms with Crippen molar-refractivity contribution in [3.05, 3.63) is 22.5 Å². The smallest absolute Gasteiger partial charge is 0.106 e. The minimum atomic E-state index is 0.685. The third-order valence-electron chi connectivity index (χ3n) is 1.90. The van der Waals surface area contributed by atoms with E-state index in [1.807, 2.05) is 40.5 Å². The van der Waals surface area contributed by atoms with Gasteiger partial charge < -0.3 is 14.9 Å². The monoisotopic (exact) mass is 275 g/mol. The van der Waals surface area contributed by atoms with Crippen molar-refractivity contribution >= 4 is 25.3 Å². The zero-order valence-corrected chi connectivity index (χ0v) is 13.5. The van der Waals surface area contributed by atoms with Gasteiger partial charge in [-0.05, 0) is 51.5 Å². The molecule has 0 bridgehead atoms. The van der Waals surface area contributed by atoms with Crippen molar-refractivity contribution in [2.45, 2.75) is 47.1 Å². The third kappa shape index (κ3) is 36.2. The number of hydrogen-bond donors (Lipinski definition) is 1. The quantitative estimate of drug-likeness (QED) is 0.847. The molecule has 0 aromatic rings. The van der Waals surface area contributed by atoms with E-state index >= 15 is 0 Å². The van der Waals surface area contributed by atoms with Crippen LogP contribution in [0.4, 0.5) is 0 Å². The van der Waals surface area contributed by atoms with Gasteiger partial charge in [-0.15, -0.1) is 11.8 Å². The molecule has 1 unspecified atom stereocenters. The van der Waals surface area contributed by atoms with Gasteiger partial charge in [-0.3, -0.25) is 0 Å². The molecule has 0 aromatic carbocycles. The summed E-state index contributed by atoms with van der Waals surface area (Å²) < 4.78 is 0. The van der Waals surface area contributed by atoms with Gasteiger partial charge in [0.05, 0.1) is 0 Å². The fourth-order valence-corrected chi connectivity index (χ4v) is 0.934. The summed E-state index contributed by atoms with van der Waals surface area (Å²) in [6, 6.07) is 0.685. The standard InChI is InChI=1S/C7H12S.C5H13N.2CH2O/c1-4-6-8-7(3)5-2;1-4-5(2)6-3;2*1-2/h4-6H,1-3H3;5-6H,4H2,1-3H3;2*1H2/b6-4-,7-5-;;;. The molecule has 0 fully saturated rings. The summed E-state index contributed by atoms with van der Waals surface area (Å²) in [5.74, 6) is 0. The molecule has 0 saturated heterocycles. The minimum absolute atomic E-state index is 0.685. The van der Waals surface area contributed by atoms with Crippen molar-refractivity contribution < 1.29 is 9.59 Å². The van der Waals surface area contributed by atoms with E-state index in [0.29, 0.717) is 6.04 Å². The molecule has 18 heavy (non-hydrogen) atoms. The van der Waals surface area contributed by atoms with E-state index < -0.39 is 0 Å². The molecule has 0 heterocycles. The Labute approximate surface area is 117 Å². The number of carbonyl (C=O) groups excluding carboxylic acids is 2. The fraction of sp³-hybridized carbons (Fsp3) is 0.571. The van der Waals surface area contributed by atoms with Crippen LogP contribution in [0, 0.1) is 0 Å². The molecule has 3 nitrogen and oxygen atoms in total. The van der Waals surface area contributed by atoms with Crippen LogP contribution in [-0.4, -0.2) is 26.7 Å². The van der Waals surface area contributed by atoms with E-state index in [-0.39, 0.29) is 0 Å². The molecule has 108 valence electrons. The van der Waals surface area contributed by atoms with Crippen LogP contribution in [0.1, 0.15) is 41.0 Å². The second-order valence-electron chi connectivity index (χ2n) is 3.08. The summed E-state index contributed by atoms with van der Waals surface area (Å²) in [7, 11) is 1.98. The molecule has 0 saturated carbocycles. The molecule has 0 aliphatic carbocycles. The van der Waals surface area contributed by atoms with Gasteiger partial charge in [0, 0.05) is 6.04 Å². The lowest BCUT2D eigenvalue weighted by molar-refractivity contribution is -0.0987. The summed E-state index contributed by atoms with van der Waals surface area (Å²) >= 11 is 1.76. The highest BCUT2D eigenvalue weighted by molar-refractivity contribution is 8.05. The molecule has 1 N–H and O–H groups in total. The van der Waals surface area contributed by atoms with Gasteiger partial charge >= 0.3 is 0 Å². The average Bonchev–Trinajstić information content (AvgIpc) is 2.48. The lowest BCUT2D eigenvalue weighted by atomic mass is 10.3. The van der Waals surface area contributed by atoms with Gasteiger partial charge in [-0.1, -0.05) is 19.1 Å². The summed E-state index contributed by atoms with van der Waals surface area (Å²) in [6.45, 7) is 14.5. The first-order chi connectivity index (χ1) is 8.62. The molecule has 0 radical (unpaired) electrons. The Morgan fingerprint density at radius 1 is 1.28 bits per heavy atom. The van der Waals surface area contributed by atoms with Crippen LogP contribution in [0.2, 0.25) is 0 Å². The van der Waals surface area contributed by atoms with Crippen molar-refractivity contribution in [2.24, 2.45) is 0 Å². The van der Waals surface area contributed by atoms with E-state index in [1.54, 1.807) is 11.8 Å². The van der Waals surface area contributed by atoms with E-state index in [4.69, 9.17) is 9.59 Å². The maximum atomic E-state index is 8.00. The zero-order chi connectivity index (χ0) is 15.4. The number of carbonyl (C=O) groups is 2. The lowest BCUT2D eigenvalue weighted by Crippen LogP contribution is -2.19. The van der Waals surface area contributed by atoms with E-state index in [2.05, 4.69) is 37.6 Å². The number of thioether (sulfide) groups is 1. The van der Waals surface area contributed by atoms with Gasteiger partial charge in [0.25, 0.3) is 0 Å². The first-order valence-electron chi connectivity index (χ1n) is 5.78. The highest BCUT2D eigenvalue weighted by Crippen LogP contribution is 2.14. The zero-order valence-electron chi connectivity index (χ0n) is 12.7. The van der Waals surface area contributed by atoms with E-state index in [1.165, 1.54) is 11.3 Å². The first-order valence-corrected chi connectivity index (χ1v) is 6.65. The van der Waals surface area contributed by atoms with Gasteiger partial charge in [0.1, 0.15) is 13.6 Å². The molecule has 0 rings (SSSR count). The van der Waals surface area contributed by atoms with Crippen LogP contribution in [0.15, 0.2) is 22.5 Å². The van der Waals surface area contributed by atoms with Crippen molar-refractivity contribution in [2.75, 3.05) is 7.05 Å². The SMILES string of the molecule is C/C=C\S/C(C)=C\C.C=O.C=O.CCC(C)NC. The van der Waals surface area contributed by atoms with Gasteiger partial charge in [0.2, 0.25) is 0 Å². The van der Waals surface area contributed by atoms with E-state index in [0.717, 1.165) is 0 Å². The summed E-state index contributed by atoms with van der Waals surface area (Å²) in [4.78, 5) is 17.4. The normalized spacial score (nSPS) is 11.1. The predicted molar refractivity (Wildman–Crippen MR) is 84.9 cm³/mol. The molecular weight excluding hydrogens is 246 g/mol. The van der Waals surface area contributed by atoms with Crippen LogP contribution in [0.5, 0.6) is 0 Å². The maximum absolute atomic E-state index is 8.00. The van der Waals surface area contributed by atoms with Crippen molar-refractivity contribution in [1.29, 1.82) is 0 Å². The second-order valence-corrected chi connectivity index (χ2v) is 4.24. The lowest BCUT2D eigenvalue weighted by Gasteiger charge is -2.02. The van der Waals surface area contributed by atoms with Gasteiger partial charge in [-0.2, -0.15) is 0 Å². The summed E-state index contributed by atoms with van der Waals surface area (Å²) in [5, 5.41) is 5.19. The largest absolute Gasteiger partial charge is 0.317 e. The van der Waals surface area contributed by atoms with Crippen LogP contribution < -0.4 is 5.32 Å². The summed E-state index contributed by atoms with van der Waals surface area (Å²) in [5.41, 5.74) is 0. The van der Waals surface area contributed by atoms with Crippen LogP contribution >= 0.6 is 11.8 Å². The maximum Gasteiger partial charge on any atom is 0.106 e. The molecule has 0 aromatic heterocycles. The highest BCUT2D eigenvalue weighted by atomic mass is 32.2. The van der Waals surface area contributed by atoms with Gasteiger partial charge in [0.15, 0.2) is 0 Å². The van der Waals surface area contributed by atoms with Crippen LogP contribution in [-0.2, 0) is 9.59 Å². The molecule has 4 heteroatoms. The number of hydrogen-bond acceptors (Lipinski definition) is 4. The highest BCUT2D eigenvalue weighted by Gasteiger charge is 1.86. The molecule has 0 amide bonds. The minimum Gasteiger partial charge on any atom is -0.317 e. The Kier molecular flexibility index (Phi) is 42.8. The van der Waals surface area contributed by atoms with Crippen molar-refractivity contribution in [3.63, 3.8) is 0 Å². The molecule has 0 aliphatic heterocycles. The first kappa shape index (κ1) is 25.9. The second kappa shape index (κ2) is 29.8. The average molecular weight is 275 g/mol. The van der Waals surface area contributed by atoms with E-state index in [9.17, 15) is 0 Å². The topological polar surface area (TPSA) is 46.2 Å². The van der Waals surface area contributed by atoms with Gasteiger partial charge in [-0.25, -0.2) is 0 Å². The number of rotatable bonds is 4. The molecule has 0 aliphatic rings. The summed E-state index contributed by atoms with van der Waals surface area (Å²) in [6.07, 6.45) is 5.36. The molecule has 0 spiro atoms. The Morgan fingerprint density at radius 3 is 1.89 bits per heavy atom. The molecule has 1 atom stereocenters. The Balaban J connectivity index is -0.0000000869. The Morgan fingerprint density at radius 2 is 1.72 bits per heavy atom.